The van der Waals surface area contributed by atoms with Gasteiger partial charge in [0.2, 0.25) is 0 Å². The molecular formula is C10H18O3. The van der Waals surface area contributed by atoms with E-state index in [1.807, 2.05) is 20.8 Å². The van der Waals surface area contributed by atoms with Gasteiger partial charge >= 0.3 is 5.97 Å². The Kier molecular flexibility index (Phi) is 4.67. The highest BCUT2D eigenvalue weighted by Gasteiger charge is 2.24. The smallest absolute Gasteiger partial charge is 0.313 e. The molecule has 0 saturated carbocycles. The van der Waals surface area contributed by atoms with Gasteiger partial charge in [-0.2, -0.15) is 0 Å². The van der Waals surface area contributed by atoms with Crippen molar-refractivity contribution < 1.29 is 14.3 Å². The summed E-state index contributed by atoms with van der Waals surface area (Å²) >= 11 is 0. The minimum Gasteiger partial charge on any atom is -0.459 e. The number of Topliss-reactive ketones (excluding diaryl/α,β-unsaturated/α-hetero) is 1. The first-order valence-electron chi connectivity index (χ1n) is 4.64. The largest absolute Gasteiger partial charge is 0.459 e. The van der Waals surface area contributed by atoms with Gasteiger partial charge < -0.3 is 4.74 Å². The summed E-state index contributed by atoms with van der Waals surface area (Å²) in [5, 5.41) is 0. The molecule has 13 heavy (non-hydrogen) atoms. The normalized spacial score (nSPS) is 11.1. The maximum atomic E-state index is 11.1. The summed E-state index contributed by atoms with van der Waals surface area (Å²) in [6.45, 7) is 7.19. The molecule has 3 heteroatoms. The van der Waals surface area contributed by atoms with Crippen molar-refractivity contribution in [2.45, 2.75) is 52.6 Å². The number of carbonyl (C=O) groups excluding carboxylic acids is 2. The Morgan fingerprint density at radius 3 is 2.00 bits per heavy atom. The number of hydrogen-bond donors (Lipinski definition) is 0. The maximum absolute atomic E-state index is 11.1. The minimum absolute atomic E-state index is 0.115. The van der Waals surface area contributed by atoms with Crippen LogP contribution in [0.15, 0.2) is 0 Å². The standard InChI is InChI=1S/C10H18O3/c1-5-10(4,6-2)13-9(12)7-8(3)11/h5-7H2,1-4H3. The monoisotopic (exact) mass is 186 g/mol. The molecule has 0 aromatic heterocycles. The van der Waals surface area contributed by atoms with Crippen LogP contribution in [0.5, 0.6) is 0 Å². The van der Waals surface area contributed by atoms with Gasteiger partial charge in [-0.15, -0.1) is 0 Å². The molecular weight excluding hydrogens is 168 g/mol. The van der Waals surface area contributed by atoms with Crippen LogP contribution < -0.4 is 0 Å². The average molecular weight is 186 g/mol. The van der Waals surface area contributed by atoms with Crippen LogP contribution in [-0.2, 0) is 14.3 Å². The predicted octanol–water partition coefficient (Wildman–Crippen LogP) is 2.09. The second-order valence-electron chi connectivity index (χ2n) is 3.51. The lowest BCUT2D eigenvalue weighted by molar-refractivity contribution is -0.159. The van der Waals surface area contributed by atoms with Gasteiger partial charge in [0.05, 0.1) is 0 Å². The molecule has 0 spiro atoms. The lowest BCUT2D eigenvalue weighted by Crippen LogP contribution is -2.30. The van der Waals surface area contributed by atoms with Crippen LogP contribution in [0.1, 0.15) is 47.0 Å². The van der Waals surface area contributed by atoms with Gasteiger partial charge in [-0.05, 0) is 26.7 Å². The summed E-state index contributed by atoms with van der Waals surface area (Å²) in [6.07, 6.45) is 1.43. The van der Waals surface area contributed by atoms with Gasteiger partial charge in [-0.25, -0.2) is 0 Å². The maximum Gasteiger partial charge on any atom is 0.313 e. The molecule has 0 aliphatic heterocycles. The fourth-order valence-electron chi connectivity index (χ4n) is 0.909. The molecule has 0 aliphatic rings. The molecule has 0 radical (unpaired) electrons. The number of esters is 1. The highest BCUT2D eigenvalue weighted by molar-refractivity contribution is 5.94. The van der Waals surface area contributed by atoms with Crippen LogP contribution in [-0.4, -0.2) is 17.4 Å². The average Bonchev–Trinajstić information content (AvgIpc) is 2.02. The Morgan fingerprint density at radius 2 is 1.69 bits per heavy atom. The minimum atomic E-state index is -0.418. The number of rotatable bonds is 5. The lowest BCUT2D eigenvalue weighted by Gasteiger charge is -2.26. The zero-order chi connectivity index (χ0) is 10.5. The first-order chi connectivity index (χ1) is 5.93. The molecule has 0 aliphatic carbocycles. The van der Waals surface area contributed by atoms with E-state index in [0.29, 0.717) is 0 Å². The van der Waals surface area contributed by atoms with Crippen molar-refractivity contribution in [3.8, 4) is 0 Å². The summed E-state index contributed by atoms with van der Waals surface area (Å²) in [7, 11) is 0. The zero-order valence-electron chi connectivity index (χ0n) is 8.85. The topological polar surface area (TPSA) is 43.4 Å². The second kappa shape index (κ2) is 5.00. The summed E-state index contributed by atoms with van der Waals surface area (Å²) in [5.41, 5.74) is -0.410. The van der Waals surface area contributed by atoms with E-state index in [9.17, 15) is 9.59 Å². The summed E-state index contributed by atoms with van der Waals surface area (Å²) in [4.78, 5) is 21.8. The molecule has 0 heterocycles. The number of ether oxygens (including phenoxy) is 1. The Balaban J connectivity index is 4.09. The van der Waals surface area contributed by atoms with Gasteiger partial charge in [-0.1, -0.05) is 13.8 Å². The third kappa shape index (κ3) is 4.65. The summed E-state index contributed by atoms with van der Waals surface area (Å²) < 4.78 is 5.19. The number of hydrogen-bond acceptors (Lipinski definition) is 3. The molecule has 0 rings (SSSR count). The van der Waals surface area contributed by atoms with Gasteiger partial charge in [-0.3, -0.25) is 9.59 Å². The van der Waals surface area contributed by atoms with Crippen molar-refractivity contribution in [3.05, 3.63) is 0 Å². The molecule has 0 N–H and O–H groups in total. The molecule has 0 atom stereocenters. The van der Waals surface area contributed by atoms with Gasteiger partial charge in [0.15, 0.2) is 0 Å². The molecule has 0 fully saturated rings. The Morgan fingerprint density at radius 1 is 1.23 bits per heavy atom. The van der Waals surface area contributed by atoms with Gasteiger partial charge in [0, 0.05) is 0 Å². The molecule has 0 saturated heterocycles. The number of ketones is 1. The van der Waals surface area contributed by atoms with Crippen LogP contribution in [0.4, 0.5) is 0 Å². The van der Waals surface area contributed by atoms with E-state index in [0.717, 1.165) is 12.8 Å². The van der Waals surface area contributed by atoms with Crippen LogP contribution in [0.2, 0.25) is 0 Å². The number of carbonyl (C=O) groups is 2. The van der Waals surface area contributed by atoms with Crippen molar-refractivity contribution >= 4 is 11.8 Å². The van der Waals surface area contributed by atoms with Crippen molar-refractivity contribution in [2.75, 3.05) is 0 Å². The van der Waals surface area contributed by atoms with Crippen molar-refractivity contribution in [1.29, 1.82) is 0 Å². The van der Waals surface area contributed by atoms with E-state index in [1.54, 1.807) is 0 Å². The van der Waals surface area contributed by atoms with E-state index in [-0.39, 0.29) is 12.2 Å². The first-order valence-corrected chi connectivity index (χ1v) is 4.64. The quantitative estimate of drug-likeness (QED) is 0.487. The third-order valence-corrected chi connectivity index (χ3v) is 2.25. The van der Waals surface area contributed by atoms with Crippen LogP contribution in [0.25, 0.3) is 0 Å². The van der Waals surface area contributed by atoms with Crippen molar-refractivity contribution in [1.82, 2.24) is 0 Å². The fourth-order valence-corrected chi connectivity index (χ4v) is 0.909. The molecule has 3 nitrogen and oxygen atoms in total. The van der Waals surface area contributed by atoms with Gasteiger partial charge in [0.25, 0.3) is 0 Å². The predicted molar refractivity (Wildman–Crippen MR) is 50.4 cm³/mol. The van der Waals surface area contributed by atoms with E-state index in [1.165, 1.54) is 6.92 Å². The SMILES string of the molecule is CCC(C)(CC)OC(=O)CC(C)=O. The van der Waals surface area contributed by atoms with Crippen LogP contribution >= 0.6 is 0 Å². The molecule has 0 bridgehead atoms. The summed E-state index contributed by atoms with van der Waals surface area (Å²) in [6, 6.07) is 0. The van der Waals surface area contributed by atoms with Gasteiger partial charge in [0.1, 0.15) is 17.8 Å². The Bertz CT molecular complexity index is 192. The zero-order valence-corrected chi connectivity index (χ0v) is 8.85. The molecule has 76 valence electrons. The lowest BCUT2D eigenvalue weighted by atomic mass is 10.0. The molecule has 0 aromatic rings. The first kappa shape index (κ1) is 12.1. The fraction of sp³-hybridized carbons (Fsp3) is 0.800. The highest BCUT2D eigenvalue weighted by atomic mass is 16.6. The van der Waals surface area contributed by atoms with Crippen LogP contribution in [0, 0.1) is 0 Å². The summed E-state index contributed by atoms with van der Waals surface area (Å²) in [5.74, 6) is -0.571. The molecule has 0 aromatic carbocycles. The van der Waals surface area contributed by atoms with Crippen LogP contribution in [0.3, 0.4) is 0 Å². The third-order valence-electron chi connectivity index (χ3n) is 2.25. The van der Waals surface area contributed by atoms with E-state index >= 15 is 0 Å². The van der Waals surface area contributed by atoms with Crippen molar-refractivity contribution in [3.63, 3.8) is 0 Å². The second-order valence-corrected chi connectivity index (χ2v) is 3.51. The van der Waals surface area contributed by atoms with Crippen molar-refractivity contribution in [2.24, 2.45) is 0 Å². The van der Waals surface area contributed by atoms with E-state index < -0.39 is 11.6 Å². The van der Waals surface area contributed by atoms with E-state index in [2.05, 4.69) is 0 Å². The molecule has 0 unspecified atom stereocenters. The molecule has 0 amide bonds. The Labute approximate surface area is 79.5 Å². The Hall–Kier alpha value is -0.860. The van der Waals surface area contributed by atoms with E-state index in [4.69, 9.17) is 4.74 Å². The highest BCUT2D eigenvalue weighted by Crippen LogP contribution is 2.19.